The van der Waals surface area contributed by atoms with Crippen LogP contribution in [0.1, 0.15) is 30.3 Å². The molecule has 0 amide bonds. The van der Waals surface area contributed by atoms with Gasteiger partial charge in [-0.05, 0) is 18.9 Å². The summed E-state index contributed by atoms with van der Waals surface area (Å²) in [4.78, 5) is 4.01. The molecule has 0 radical (unpaired) electrons. The van der Waals surface area contributed by atoms with Crippen LogP contribution in [0.25, 0.3) is 0 Å². The molecule has 2 aromatic rings. The summed E-state index contributed by atoms with van der Waals surface area (Å²) in [7, 11) is -3.76. The first kappa shape index (κ1) is 16.9. The second-order valence-electron chi connectivity index (χ2n) is 5.54. The van der Waals surface area contributed by atoms with E-state index in [1.807, 2.05) is 0 Å². The van der Waals surface area contributed by atoms with Gasteiger partial charge in [-0.15, -0.1) is 0 Å². The molecule has 0 spiro atoms. The molecule has 0 saturated carbocycles. The maximum atomic E-state index is 13.6. The summed E-state index contributed by atoms with van der Waals surface area (Å²) >= 11 is 0. The zero-order valence-electron chi connectivity index (χ0n) is 12.6. The predicted molar refractivity (Wildman–Crippen MR) is 80.2 cm³/mol. The van der Waals surface area contributed by atoms with Gasteiger partial charge in [-0.2, -0.15) is 5.10 Å². The van der Waals surface area contributed by atoms with E-state index < -0.39 is 27.4 Å². The van der Waals surface area contributed by atoms with Crippen LogP contribution >= 0.6 is 0 Å². The number of benzene rings is 1. The van der Waals surface area contributed by atoms with Crippen molar-refractivity contribution in [1.82, 2.24) is 19.9 Å². The maximum absolute atomic E-state index is 13.6. The van der Waals surface area contributed by atoms with Gasteiger partial charge in [0.05, 0.1) is 11.9 Å². The van der Waals surface area contributed by atoms with E-state index in [-0.39, 0.29) is 24.3 Å². The molecule has 0 aliphatic carbocycles. The largest absolute Gasteiger partial charge is 0.366 e. The normalized spacial score (nSPS) is 21.2. The van der Waals surface area contributed by atoms with E-state index in [9.17, 15) is 17.2 Å². The van der Waals surface area contributed by atoms with E-state index in [1.54, 1.807) is 0 Å². The maximum Gasteiger partial charge on any atom is 0.215 e. The highest BCUT2D eigenvalue weighted by Crippen LogP contribution is 2.30. The zero-order chi connectivity index (χ0) is 17.2. The Kier molecular flexibility index (Phi) is 4.88. The van der Waals surface area contributed by atoms with Crippen LogP contribution in [-0.2, 0) is 20.5 Å². The molecule has 130 valence electrons. The van der Waals surface area contributed by atoms with Gasteiger partial charge in [-0.3, -0.25) is 5.10 Å². The minimum atomic E-state index is -3.76. The molecule has 10 heteroatoms. The van der Waals surface area contributed by atoms with Crippen molar-refractivity contribution in [2.75, 3.05) is 6.54 Å². The number of sulfonamides is 1. The molecular weight excluding hydrogens is 342 g/mol. The Bertz CT molecular complexity index is 798. The first-order valence-electron chi connectivity index (χ1n) is 7.35. The molecule has 1 fully saturated rings. The van der Waals surface area contributed by atoms with Crippen molar-refractivity contribution in [3.63, 3.8) is 0 Å². The molecule has 2 atom stereocenters. The molecular formula is C14H16F2N4O3S. The fourth-order valence-electron chi connectivity index (χ4n) is 2.54. The van der Waals surface area contributed by atoms with Crippen molar-refractivity contribution in [3.05, 3.63) is 47.5 Å². The number of nitrogens with zero attached hydrogens (tertiary/aromatic N) is 2. The molecule has 2 heterocycles. The van der Waals surface area contributed by atoms with Crippen LogP contribution in [0.15, 0.2) is 24.5 Å². The average Bonchev–Trinajstić information content (AvgIpc) is 3.18. The third-order valence-electron chi connectivity index (χ3n) is 3.74. The highest BCUT2D eigenvalue weighted by atomic mass is 32.2. The molecule has 1 aliphatic rings. The molecule has 3 rings (SSSR count). The first-order valence-corrected chi connectivity index (χ1v) is 9.00. The van der Waals surface area contributed by atoms with E-state index in [0.29, 0.717) is 24.7 Å². The summed E-state index contributed by atoms with van der Waals surface area (Å²) in [6.07, 6.45) is 2.21. The lowest BCUT2D eigenvalue weighted by Crippen LogP contribution is -2.33. The highest BCUT2D eigenvalue weighted by molar-refractivity contribution is 7.88. The molecule has 0 unspecified atom stereocenters. The van der Waals surface area contributed by atoms with E-state index in [4.69, 9.17) is 4.74 Å². The van der Waals surface area contributed by atoms with Crippen LogP contribution < -0.4 is 4.72 Å². The quantitative estimate of drug-likeness (QED) is 0.814. The molecule has 7 nitrogen and oxygen atoms in total. The lowest BCUT2D eigenvalue weighted by molar-refractivity contribution is 0.0430. The molecule has 0 bridgehead atoms. The van der Waals surface area contributed by atoms with Crippen molar-refractivity contribution in [2.45, 2.75) is 30.8 Å². The van der Waals surface area contributed by atoms with Crippen LogP contribution in [0, 0.1) is 11.6 Å². The van der Waals surface area contributed by atoms with Gasteiger partial charge in [-0.1, -0.05) is 6.07 Å². The van der Waals surface area contributed by atoms with Gasteiger partial charge in [0.1, 0.15) is 24.1 Å². The van der Waals surface area contributed by atoms with Gasteiger partial charge >= 0.3 is 0 Å². The highest BCUT2D eigenvalue weighted by Gasteiger charge is 2.29. The lowest BCUT2D eigenvalue weighted by Gasteiger charge is -2.13. The summed E-state index contributed by atoms with van der Waals surface area (Å²) < 4.78 is 58.6. The van der Waals surface area contributed by atoms with Gasteiger partial charge in [-0.25, -0.2) is 26.9 Å². The van der Waals surface area contributed by atoms with Crippen LogP contribution in [0.3, 0.4) is 0 Å². The van der Waals surface area contributed by atoms with Crippen molar-refractivity contribution in [2.24, 2.45) is 0 Å². The van der Waals surface area contributed by atoms with Crippen molar-refractivity contribution in [1.29, 1.82) is 0 Å². The summed E-state index contributed by atoms with van der Waals surface area (Å²) in [5.41, 5.74) is -0.0872. The lowest BCUT2D eigenvalue weighted by atomic mass is 10.2. The standard InChI is InChI=1S/C14H16F2N4O3S/c15-10-2-1-9(12(16)5-10)7-24(21,22)19-6-11-3-4-13(23-11)14-17-8-18-20-14/h1-2,5,8,11,13,19H,3-4,6-7H2,(H,17,18,20)/t11-,13+/m1/s1. The fraction of sp³-hybridized carbons (Fsp3) is 0.429. The molecule has 1 saturated heterocycles. The van der Waals surface area contributed by atoms with Crippen LogP contribution in [0.4, 0.5) is 8.78 Å². The van der Waals surface area contributed by atoms with Crippen LogP contribution in [-0.4, -0.2) is 36.2 Å². The van der Waals surface area contributed by atoms with Crippen molar-refractivity contribution < 1.29 is 21.9 Å². The van der Waals surface area contributed by atoms with Crippen LogP contribution in [0.5, 0.6) is 0 Å². The summed E-state index contributed by atoms with van der Waals surface area (Å²) in [5.74, 6) is -1.59. The third-order valence-corrected chi connectivity index (χ3v) is 5.04. The van der Waals surface area contributed by atoms with Gasteiger partial charge in [0.2, 0.25) is 10.0 Å². The number of hydrogen-bond donors (Lipinski definition) is 2. The number of H-pyrrole nitrogens is 1. The second kappa shape index (κ2) is 6.91. The smallest absolute Gasteiger partial charge is 0.215 e. The molecule has 1 aromatic heterocycles. The van der Waals surface area contributed by atoms with E-state index in [0.717, 1.165) is 12.1 Å². The average molecular weight is 358 g/mol. The fourth-order valence-corrected chi connectivity index (χ4v) is 3.73. The summed E-state index contributed by atoms with van der Waals surface area (Å²) in [6, 6.07) is 2.80. The minimum Gasteiger partial charge on any atom is -0.366 e. The number of aromatic amines is 1. The zero-order valence-corrected chi connectivity index (χ0v) is 13.4. The summed E-state index contributed by atoms with van der Waals surface area (Å²) in [5, 5.41) is 6.47. The van der Waals surface area contributed by atoms with Gasteiger partial charge < -0.3 is 4.74 Å². The number of ether oxygens (including phenoxy) is 1. The Morgan fingerprint density at radius 1 is 1.33 bits per heavy atom. The molecule has 1 aromatic carbocycles. The van der Waals surface area contributed by atoms with Gasteiger partial charge in [0.25, 0.3) is 0 Å². The van der Waals surface area contributed by atoms with Crippen molar-refractivity contribution in [3.8, 4) is 0 Å². The SMILES string of the molecule is O=S(=O)(Cc1ccc(F)cc1F)NC[C@H]1CC[C@@H](c2ncn[nH]2)O1. The third kappa shape index (κ3) is 4.13. The van der Waals surface area contributed by atoms with E-state index in [2.05, 4.69) is 19.9 Å². The van der Waals surface area contributed by atoms with Crippen molar-refractivity contribution >= 4 is 10.0 Å². The Hall–Kier alpha value is -1.91. The second-order valence-corrected chi connectivity index (χ2v) is 7.34. The number of nitrogens with one attached hydrogen (secondary N) is 2. The van der Waals surface area contributed by atoms with E-state index >= 15 is 0 Å². The van der Waals surface area contributed by atoms with Crippen LogP contribution in [0.2, 0.25) is 0 Å². The monoisotopic (exact) mass is 358 g/mol. The number of halogens is 2. The first-order chi connectivity index (χ1) is 11.4. The van der Waals surface area contributed by atoms with Gasteiger partial charge in [0.15, 0.2) is 5.82 Å². The Morgan fingerprint density at radius 2 is 2.17 bits per heavy atom. The number of rotatable bonds is 6. The Labute approximate surface area is 137 Å². The number of aromatic nitrogens is 3. The van der Waals surface area contributed by atoms with E-state index in [1.165, 1.54) is 6.33 Å². The molecule has 2 N–H and O–H groups in total. The molecule has 1 aliphatic heterocycles. The molecule has 24 heavy (non-hydrogen) atoms. The topological polar surface area (TPSA) is 97.0 Å². The Balaban J connectivity index is 1.54. The summed E-state index contributed by atoms with van der Waals surface area (Å²) in [6.45, 7) is 0.0792. The predicted octanol–water partition coefficient (Wildman–Crippen LogP) is 1.42. The van der Waals surface area contributed by atoms with Gasteiger partial charge in [0, 0.05) is 18.2 Å². The minimum absolute atomic E-state index is 0.0792. The number of hydrogen-bond acceptors (Lipinski definition) is 5. The Morgan fingerprint density at radius 3 is 2.88 bits per heavy atom.